The van der Waals surface area contributed by atoms with Gasteiger partial charge in [-0.1, -0.05) is 11.8 Å². The molecule has 0 radical (unpaired) electrons. The SMILES string of the molecule is COC(C)CCC(=O)NCc1cc(C#CCN)cs1. The first-order valence-corrected chi connectivity index (χ1v) is 7.09. The van der Waals surface area contributed by atoms with Gasteiger partial charge in [-0.3, -0.25) is 4.79 Å². The van der Waals surface area contributed by atoms with Gasteiger partial charge in [-0.2, -0.15) is 0 Å². The fraction of sp³-hybridized carbons (Fsp3) is 0.500. The second kappa shape index (κ2) is 8.70. The first-order valence-electron chi connectivity index (χ1n) is 6.21. The minimum absolute atomic E-state index is 0.0480. The average Bonchev–Trinajstić information content (AvgIpc) is 2.88. The smallest absolute Gasteiger partial charge is 0.220 e. The maximum absolute atomic E-state index is 11.6. The summed E-state index contributed by atoms with van der Waals surface area (Å²) in [6.07, 6.45) is 1.34. The van der Waals surface area contributed by atoms with Gasteiger partial charge in [-0.25, -0.2) is 0 Å². The van der Waals surface area contributed by atoms with E-state index < -0.39 is 0 Å². The summed E-state index contributed by atoms with van der Waals surface area (Å²) in [4.78, 5) is 12.7. The highest BCUT2D eigenvalue weighted by Crippen LogP contribution is 2.13. The third-order valence-corrected chi connectivity index (χ3v) is 3.57. The van der Waals surface area contributed by atoms with Crippen molar-refractivity contribution in [2.45, 2.75) is 32.4 Å². The molecule has 19 heavy (non-hydrogen) atoms. The summed E-state index contributed by atoms with van der Waals surface area (Å²) >= 11 is 1.59. The number of nitrogens with one attached hydrogen (secondary N) is 1. The van der Waals surface area contributed by atoms with E-state index in [0.29, 0.717) is 19.5 Å². The predicted molar refractivity (Wildman–Crippen MR) is 77.8 cm³/mol. The van der Waals surface area contributed by atoms with Crippen LogP contribution in [0.5, 0.6) is 0 Å². The number of thiophene rings is 1. The van der Waals surface area contributed by atoms with Crippen LogP contribution in [0.2, 0.25) is 0 Å². The van der Waals surface area contributed by atoms with Gasteiger partial charge in [-0.05, 0) is 19.4 Å². The topological polar surface area (TPSA) is 64.3 Å². The summed E-state index contributed by atoms with van der Waals surface area (Å²) in [7, 11) is 1.65. The fourth-order valence-corrected chi connectivity index (χ4v) is 2.17. The number of hydrogen-bond donors (Lipinski definition) is 2. The van der Waals surface area contributed by atoms with Gasteiger partial charge in [0.15, 0.2) is 0 Å². The number of amides is 1. The third-order valence-electron chi connectivity index (χ3n) is 2.63. The predicted octanol–water partition coefficient (Wildman–Crippen LogP) is 1.49. The molecule has 0 saturated heterocycles. The molecule has 0 spiro atoms. The number of carbonyl (C=O) groups excluding carboxylic acids is 1. The maximum Gasteiger partial charge on any atom is 0.220 e. The van der Waals surface area contributed by atoms with Crippen molar-refractivity contribution >= 4 is 17.2 Å². The molecule has 1 aromatic rings. The first kappa shape index (κ1) is 15.7. The average molecular weight is 280 g/mol. The summed E-state index contributed by atoms with van der Waals surface area (Å²) in [6, 6.07) is 1.98. The van der Waals surface area contributed by atoms with E-state index >= 15 is 0 Å². The maximum atomic E-state index is 11.6. The molecule has 0 aliphatic carbocycles. The Kier molecular flexibility index (Phi) is 7.19. The number of nitrogens with two attached hydrogens (primary N) is 1. The summed E-state index contributed by atoms with van der Waals surface area (Å²) in [5.74, 6) is 5.82. The van der Waals surface area contributed by atoms with Crippen LogP contribution in [0.25, 0.3) is 0 Å². The van der Waals surface area contributed by atoms with E-state index in [2.05, 4.69) is 17.2 Å². The molecule has 104 valence electrons. The lowest BCUT2D eigenvalue weighted by Gasteiger charge is -2.08. The molecule has 1 rings (SSSR count). The summed E-state index contributed by atoms with van der Waals surface area (Å²) in [6.45, 7) is 2.86. The standard InChI is InChI=1S/C14H20N2O2S/c1-11(18-2)5-6-14(17)16-9-13-8-12(10-19-13)4-3-7-15/h8,10-11H,5-7,9,15H2,1-2H3,(H,16,17). The molecular formula is C14H20N2O2S. The monoisotopic (exact) mass is 280 g/mol. The van der Waals surface area contributed by atoms with E-state index in [-0.39, 0.29) is 12.0 Å². The Morgan fingerprint density at radius 1 is 1.63 bits per heavy atom. The van der Waals surface area contributed by atoms with Crippen molar-refractivity contribution < 1.29 is 9.53 Å². The molecule has 0 aromatic carbocycles. The van der Waals surface area contributed by atoms with Crippen molar-refractivity contribution in [3.8, 4) is 11.8 Å². The van der Waals surface area contributed by atoms with Gasteiger partial charge in [0.05, 0.1) is 19.2 Å². The van der Waals surface area contributed by atoms with Gasteiger partial charge in [-0.15, -0.1) is 11.3 Å². The van der Waals surface area contributed by atoms with Crippen LogP contribution in [-0.2, 0) is 16.1 Å². The lowest BCUT2D eigenvalue weighted by atomic mass is 10.2. The number of rotatable bonds is 6. The molecule has 5 heteroatoms. The van der Waals surface area contributed by atoms with Crippen molar-refractivity contribution in [3.63, 3.8) is 0 Å². The van der Waals surface area contributed by atoms with Crippen molar-refractivity contribution in [2.24, 2.45) is 5.73 Å². The van der Waals surface area contributed by atoms with Crippen LogP contribution in [0.4, 0.5) is 0 Å². The van der Waals surface area contributed by atoms with Gasteiger partial charge in [0.1, 0.15) is 0 Å². The molecule has 0 aliphatic rings. The minimum atomic E-state index is 0.0480. The molecule has 0 fully saturated rings. The van der Waals surface area contributed by atoms with Crippen molar-refractivity contribution in [1.82, 2.24) is 5.32 Å². The Bertz CT molecular complexity index is 460. The molecule has 0 saturated carbocycles. The minimum Gasteiger partial charge on any atom is -0.382 e. The highest BCUT2D eigenvalue weighted by Gasteiger charge is 2.06. The molecule has 1 amide bonds. The van der Waals surface area contributed by atoms with Crippen molar-refractivity contribution in [1.29, 1.82) is 0 Å². The normalized spacial score (nSPS) is 11.5. The zero-order valence-electron chi connectivity index (χ0n) is 11.4. The largest absolute Gasteiger partial charge is 0.382 e. The second-order valence-electron chi connectivity index (χ2n) is 4.17. The van der Waals surface area contributed by atoms with Crippen LogP contribution >= 0.6 is 11.3 Å². The van der Waals surface area contributed by atoms with Crippen molar-refractivity contribution in [3.05, 3.63) is 21.9 Å². The van der Waals surface area contributed by atoms with Gasteiger partial charge in [0.25, 0.3) is 0 Å². The number of methoxy groups -OCH3 is 1. The third kappa shape index (κ3) is 6.39. The highest BCUT2D eigenvalue weighted by atomic mass is 32.1. The van der Waals surface area contributed by atoms with Gasteiger partial charge in [0.2, 0.25) is 5.91 Å². The van der Waals surface area contributed by atoms with Gasteiger partial charge in [0, 0.05) is 29.4 Å². The zero-order valence-corrected chi connectivity index (χ0v) is 12.2. The molecule has 1 unspecified atom stereocenters. The molecular weight excluding hydrogens is 260 g/mol. The first-order chi connectivity index (χ1) is 9.15. The van der Waals surface area contributed by atoms with Crippen LogP contribution in [0.15, 0.2) is 11.4 Å². The van der Waals surface area contributed by atoms with Crippen LogP contribution in [-0.4, -0.2) is 25.7 Å². The molecule has 3 N–H and O–H groups in total. The van der Waals surface area contributed by atoms with Crippen LogP contribution in [0.1, 0.15) is 30.2 Å². The molecule has 1 aromatic heterocycles. The fourth-order valence-electron chi connectivity index (χ4n) is 1.42. The van der Waals surface area contributed by atoms with E-state index in [4.69, 9.17) is 10.5 Å². The van der Waals surface area contributed by atoms with Crippen LogP contribution in [0, 0.1) is 11.8 Å². The molecule has 1 heterocycles. The lowest BCUT2D eigenvalue weighted by Crippen LogP contribution is -2.23. The Labute approximate surface area is 118 Å². The van der Waals surface area contributed by atoms with Gasteiger partial charge < -0.3 is 15.8 Å². The van der Waals surface area contributed by atoms with E-state index in [1.165, 1.54) is 0 Å². The van der Waals surface area contributed by atoms with Gasteiger partial charge >= 0.3 is 0 Å². The number of carbonyl (C=O) groups is 1. The van der Waals surface area contributed by atoms with E-state index in [1.54, 1.807) is 18.4 Å². The zero-order chi connectivity index (χ0) is 14.1. The Balaban J connectivity index is 2.32. The number of ether oxygens (including phenoxy) is 1. The van der Waals surface area contributed by atoms with E-state index in [9.17, 15) is 4.79 Å². The van der Waals surface area contributed by atoms with Crippen molar-refractivity contribution in [2.75, 3.05) is 13.7 Å². The highest BCUT2D eigenvalue weighted by molar-refractivity contribution is 7.10. The Morgan fingerprint density at radius 2 is 2.42 bits per heavy atom. The Morgan fingerprint density at radius 3 is 3.11 bits per heavy atom. The van der Waals surface area contributed by atoms with E-state index in [1.807, 2.05) is 18.4 Å². The lowest BCUT2D eigenvalue weighted by molar-refractivity contribution is -0.121. The summed E-state index contributed by atoms with van der Waals surface area (Å²) < 4.78 is 5.10. The summed E-state index contributed by atoms with van der Waals surface area (Å²) in [5.41, 5.74) is 6.26. The second-order valence-corrected chi connectivity index (χ2v) is 5.17. The summed E-state index contributed by atoms with van der Waals surface area (Å²) in [5, 5.41) is 4.86. The molecule has 1 atom stereocenters. The quantitative estimate of drug-likeness (QED) is 0.776. The van der Waals surface area contributed by atoms with Crippen LogP contribution in [0.3, 0.4) is 0 Å². The number of hydrogen-bond acceptors (Lipinski definition) is 4. The van der Waals surface area contributed by atoms with E-state index in [0.717, 1.165) is 16.9 Å². The molecule has 0 bridgehead atoms. The Hall–Kier alpha value is -1.35. The van der Waals surface area contributed by atoms with Crippen LogP contribution < -0.4 is 11.1 Å². The molecule has 0 aliphatic heterocycles. The molecule has 4 nitrogen and oxygen atoms in total.